The fourth-order valence-corrected chi connectivity index (χ4v) is 11.6. The minimum absolute atomic E-state index is 0. The summed E-state index contributed by atoms with van der Waals surface area (Å²) in [7, 11) is -4.82. The molecule has 4 aliphatic carbocycles. The van der Waals surface area contributed by atoms with Crippen LogP contribution in [0.5, 0.6) is 0 Å². The van der Waals surface area contributed by atoms with Crippen LogP contribution in [0.4, 0.5) is 0 Å². The quantitative estimate of drug-likeness (QED) is 0.163. The van der Waals surface area contributed by atoms with Gasteiger partial charge in [-0.2, -0.15) is 0 Å². The van der Waals surface area contributed by atoms with E-state index in [0.717, 1.165) is 58.2 Å². The molecule has 0 spiro atoms. The van der Waals surface area contributed by atoms with Gasteiger partial charge in [-0.3, -0.25) is 8.98 Å². The van der Waals surface area contributed by atoms with Crippen LogP contribution in [0.15, 0.2) is 0 Å². The number of aliphatic hydroxyl groups is 2. The monoisotopic (exact) mass is 648 g/mol. The molecule has 11 heteroatoms. The number of likely N-dealkylation sites (tertiary alicyclic amines) is 1. The second-order valence-electron chi connectivity index (χ2n) is 15.4. The number of hydrogen-bond acceptors (Lipinski definition) is 8. The summed E-state index contributed by atoms with van der Waals surface area (Å²) in [6.45, 7) is 9.42. The Morgan fingerprint density at radius 1 is 1.07 bits per heavy atom. The molecular formula is C33H57N2NaO7S. The van der Waals surface area contributed by atoms with Gasteiger partial charge >= 0.3 is 29.6 Å². The number of carbonyl (C=O) groups is 1. The number of nitrogens with zero attached hydrogens (tertiary/aromatic N) is 1. The SMILES string of the molecule is C[C@H](CCC(CCO)OS(=O)(=O)[O-])[C@H]1CCC2C3CC[C@H]4C[C@@H](NCCN5CCCCC5=O)CC[C@]4(C)C3C[C@H](O)[C@@]21C.[Na+]. The van der Waals surface area contributed by atoms with Gasteiger partial charge in [-0.05, 0) is 130 Å². The van der Waals surface area contributed by atoms with Gasteiger partial charge in [0.25, 0.3) is 0 Å². The maximum Gasteiger partial charge on any atom is 1.00 e. The molecular weight excluding hydrogens is 591 g/mol. The van der Waals surface area contributed by atoms with Gasteiger partial charge in [0.2, 0.25) is 16.3 Å². The molecule has 5 rings (SSSR count). The standard InChI is InChI=1S/C33H58N2O7S.Na/c1-22(7-9-25(14-19-36)42-43(39,40)41)27-11-12-28-26-10-8-23-20-24(34-16-18-35-17-5-4-6-31(35)38)13-15-32(23,2)29(26)21-30(37)33(27,28)3;/h22-30,34,36-37H,4-21H2,1-3H3,(H,39,40,41);/q;+1/p-1/t22-,23+,24+,25?,26?,27-,28?,29?,30+,32+,33-;/m1./s1. The van der Waals surface area contributed by atoms with Crippen molar-refractivity contribution in [1.82, 2.24) is 10.2 Å². The first kappa shape index (κ1) is 37.0. The largest absolute Gasteiger partial charge is 1.00 e. The van der Waals surface area contributed by atoms with E-state index in [-0.39, 0.29) is 65.4 Å². The molecule has 0 bridgehead atoms. The average molecular weight is 649 g/mol. The van der Waals surface area contributed by atoms with Gasteiger partial charge in [0.05, 0.1) is 12.2 Å². The van der Waals surface area contributed by atoms with Crippen molar-refractivity contribution in [2.75, 3.05) is 26.2 Å². The molecule has 0 aromatic rings. The molecule has 3 N–H and O–H groups in total. The maximum atomic E-state index is 12.2. The number of rotatable bonds is 12. The van der Waals surface area contributed by atoms with Crippen molar-refractivity contribution in [2.24, 2.45) is 46.3 Å². The summed E-state index contributed by atoms with van der Waals surface area (Å²) in [6, 6.07) is 0.514. The Balaban J connectivity index is 0.00000442. The molecule has 9 nitrogen and oxygen atoms in total. The summed E-state index contributed by atoms with van der Waals surface area (Å²) in [5, 5.41) is 25.0. The number of carbonyl (C=O) groups excluding carboxylic acids is 1. The van der Waals surface area contributed by atoms with E-state index in [1.807, 2.05) is 4.90 Å². The van der Waals surface area contributed by atoms with Gasteiger partial charge in [0.1, 0.15) is 0 Å². The summed E-state index contributed by atoms with van der Waals surface area (Å²) >= 11 is 0. The Kier molecular flexibility index (Phi) is 12.8. The molecule has 0 aromatic heterocycles. The van der Waals surface area contributed by atoms with Gasteiger partial charge in [0.15, 0.2) is 0 Å². The summed E-state index contributed by atoms with van der Waals surface area (Å²) < 4.78 is 38.3. The molecule has 5 fully saturated rings. The molecule has 0 aromatic carbocycles. The van der Waals surface area contributed by atoms with Crippen molar-refractivity contribution in [3.8, 4) is 0 Å². The third-order valence-electron chi connectivity index (χ3n) is 13.4. The molecule has 4 unspecified atom stereocenters. The predicted octanol–water partition coefficient (Wildman–Crippen LogP) is 1.23. The third-order valence-corrected chi connectivity index (χ3v) is 13.9. The zero-order valence-electron chi connectivity index (χ0n) is 27.7. The Hall–Kier alpha value is 0.220. The van der Waals surface area contributed by atoms with Crippen molar-refractivity contribution < 1.29 is 61.7 Å². The van der Waals surface area contributed by atoms with Crippen LogP contribution in [0.2, 0.25) is 0 Å². The van der Waals surface area contributed by atoms with Crippen LogP contribution in [-0.2, 0) is 19.4 Å². The third kappa shape index (κ3) is 7.75. The van der Waals surface area contributed by atoms with Gasteiger partial charge in [0, 0.05) is 38.7 Å². The summed E-state index contributed by atoms with van der Waals surface area (Å²) in [5.74, 6) is 3.25. The molecule has 1 aliphatic heterocycles. The van der Waals surface area contributed by atoms with E-state index < -0.39 is 16.5 Å². The maximum absolute atomic E-state index is 12.2. The van der Waals surface area contributed by atoms with E-state index >= 15 is 0 Å². The van der Waals surface area contributed by atoms with Crippen LogP contribution < -0.4 is 34.9 Å². The average Bonchev–Trinajstić information content (AvgIpc) is 3.31. The smallest absolute Gasteiger partial charge is 0.726 e. The summed E-state index contributed by atoms with van der Waals surface area (Å²) in [5.41, 5.74) is 0.0982. The van der Waals surface area contributed by atoms with Gasteiger partial charge in [-0.15, -0.1) is 0 Å². The second-order valence-corrected chi connectivity index (χ2v) is 16.4. The van der Waals surface area contributed by atoms with Gasteiger partial charge in [-0.1, -0.05) is 20.8 Å². The summed E-state index contributed by atoms with van der Waals surface area (Å²) in [6.07, 6.45) is 12.1. The molecule has 44 heavy (non-hydrogen) atoms. The minimum Gasteiger partial charge on any atom is -0.726 e. The fraction of sp³-hybridized carbons (Fsp3) is 0.970. The number of piperidine rings is 1. The second kappa shape index (κ2) is 15.2. The number of hydrogen-bond donors (Lipinski definition) is 3. The predicted molar refractivity (Wildman–Crippen MR) is 163 cm³/mol. The normalized spacial score (nSPS) is 40.4. The topological polar surface area (TPSA) is 139 Å². The van der Waals surface area contributed by atoms with Crippen LogP contribution in [0.3, 0.4) is 0 Å². The van der Waals surface area contributed by atoms with Crippen LogP contribution in [0, 0.1) is 46.3 Å². The molecule has 1 saturated heterocycles. The van der Waals surface area contributed by atoms with E-state index in [0.29, 0.717) is 60.8 Å². The Labute approximate surface area is 288 Å². The molecule has 0 radical (unpaired) electrons. The molecule has 248 valence electrons. The Bertz CT molecular complexity index is 1080. The number of fused-ring (bicyclic) bond motifs is 5. The van der Waals surface area contributed by atoms with Crippen molar-refractivity contribution >= 4 is 16.3 Å². The first-order valence-electron chi connectivity index (χ1n) is 17.3. The molecule has 5 aliphatic rings. The Morgan fingerprint density at radius 3 is 2.55 bits per heavy atom. The van der Waals surface area contributed by atoms with Crippen LogP contribution in [0.1, 0.15) is 111 Å². The first-order chi connectivity index (χ1) is 20.4. The molecule has 11 atom stereocenters. The van der Waals surface area contributed by atoms with Crippen LogP contribution >= 0.6 is 0 Å². The van der Waals surface area contributed by atoms with Crippen molar-refractivity contribution in [2.45, 2.75) is 129 Å². The Morgan fingerprint density at radius 2 is 1.84 bits per heavy atom. The van der Waals surface area contributed by atoms with Crippen LogP contribution in [-0.4, -0.2) is 78.5 Å². The zero-order chi connectivity index (χ0) is 31.0. The van der Waals surface area contributed by atoms with Gasteiger partial charge < -0.3 is 25.0 Å². The van der Waals surface area contributed by atoms with E-state index in [1.54, 1.807) is 0 Å². The molecule has 1 amide bonds. The first-order valence-corrected chi connectivity index (χ1v) is 18.6. The van der Waals surface area contributed by atoms with Crippen molar-refractivity contribution in [1.29, 1.82) is 0 Å². The van der Waals surface area contributed by atoms with E-state index in [9.17, 15) is 28.0 Å². The fourth-order valence-electron chi connectivity index (χ4n) is 11.1. The minimum atomic E-state index is -4.82. The number of aliphatic hydroxyl groups excluding tert-OH is 2. The molecule has 1 heterocycles. The van der Waals surface area contributed by atoms with Crippen LogP contribution in [0.25, 0.3) is 0 Å². The van der Waals surface area contributed by atoms with E-state index in [2.05, 4.69) is 26.1 Å². The van der Waals surface area contributed by atoms with Gasteiger partial charge in [-0.25, -0.2) is 8.42 Å². The zero-order valence-corrected chi connectivity index (χ0v) is 30.5. The number of amides is 1. The van der Waals surface area contributed by atoms with E-state index in [4.69, 9.17) is 4.18 Å². The summed E-state index contributed by atoms with van der Waals surface area (Å²) in [4.78, 5) is 14.2. The molecule has 4 saturated carbocycles. The number of nitrogens with one attached hydrogen (secondary N) is 1. The van der Waals surface area contributed by atoms with E-state index in [1.165, 1.54) is 25.7 Å². The van der Waals surface area contributed by atoms with Crippen molar-refractivity contribution in [3.05, 3.63) is 0 Å². The van der Waals surface area contributed by atoms with Crippen molar-refractivity contribution in [3.63, 3.8) is 0 Å².